The second-order valence-electron chi connectivity index (χ2n) is 4.37. The Balaban J connectivity index is 1.95. The third-order valence-corrected chi connectivity index (χ3v) is 5.08. The lowest BCUT2D eigenvalue weighted by atomic mass is 10.1. The van der Waals surface area contributed by atoms with Crippen LogP contribution in [0.25, 0.3) is 11.3 Å². The lowest BCUT2D eigenvalue weighted by molar-refractivity contribution is 1.24. The van der Waals surface area contributed by atoms with E-state index >= 15 is 0 Å². The molecule has 0 N–H and O–H groups in total. The highest BCUT2D eigenvalue weighted by Crippen LogP contribution is 2.36. The maximum atomic E-state index is 9.21. The predicted molar refractivity (Wildman–Crippen MR) is 87.5 cm³/mol. The fraction of sp³-hybridized carbons (Fsp3) is 0. The molecule has 22 heavy (non-hydrogen) atoms. The van der Waals surface area contributed by atoms with Gasteiger partial charge in [-0.2, -0.15) is 10.5 Å². The van der Waals surface area contributed by atoms with Gasteiger partial charge in [-0.25, -0.2) is 4.98 Å². The van der Waals surface area contributed by atoms with Crippen LogP contribution in [0.4, 0.5) is 0 Å². The zero-order valence-electron chi connectivity index (χ0n) is 11.4. The van der Waals surface area contributed by atoms with Crippen LogP contribution in [0.2, 0.25) is 0 Å². The summed E-state index contributed by atoms with van der Waals surface area (Å²) in [6.07, 6.45) is 0. The number of nitriles is 2. The van der Waals surface area contributed by atoms with E-state index in [1.54, 1.807) is 18.2 Å². The minimum Gasteiger partial charge on any atom is -0.229 e. The summed E-state index contributed by atoms with van der Waals surface area (Å²) in [7, 11) is 0. The summed E-state index contributed by atoms with van der Waals surface area (Å²) in [6.45, 7) is 0. The Labute approximate surface area is 136 Å². The maximum absolute atomic E-state index is 9.21. The van der Waals surface area contributed by atoms with Gasteiger partial charge in [-0.1, -0.05) is 48.2 Å². The zero-order valence-corrected chi connectivity index (χ0v) is 13.0. The average molecular weight is 319 g/mol. The molecule has 3 nitrogen and oxygen atoms in total. The molecule has 0 radical (unpaired) electrons. The normalized spacial score (nSPS) is 9.91. The van der Waals surface area contributed by atoms with Gasteiger partial charge in [-0.05, 0) is 12.1 Å². The van der Waals surface area contributed by atoms with Crippen LogP contribution in [-0.4, -0.2) is 4.98 Å². The number of nitrogens with zero attached hydrogens (tertiary/aromatic N) is 3. The minimum absolute atomic E-state index is 0.500. The Morgan fingerprint density at radius 1 is 0.909 bits per heavy atom. The van der Waals surface area contributed by atoms with E-state index in [9.17, 15) is 10.5 Å². The summed E-state index contributed by atoms with van der Waals surface area (Å²) < 4.78 is 0.818. The smallest absolute Gasteiger partial charge is 0.155 e. The monoisotopic (exact) mass is 319 g/mol. The SMILES string of the molecule is N#Cc1cccc(C#N)c1Sc1nc(-c2ccccc2)cs1. The number of rotatable bonds is 3. The number of hydrogen-bond donors (Lipinski definition) is 0. The van der Waals surface area contributed by atoms with Crippen molar-refractivity contribution in [3.63, 3.8) is 0 Å². The first-order chi connectivity index (χ1) is 10.8. The summed E-state index contributed by atoms with van der Waals surface area (Å²) in [5.74, 6) is 0. The predicted octanol–water partition coefficient (Wildman–Crippen LogP) is 4.70. The van der Waals surface area contributed by atoms with Crippen molar-refractivity contribution >= 4 is 23.1 Å². The highest BCUT2D eigenvalue weighted by molar-refractivity contribution is 8.01. The molecule has 0 aliphatic heterocycles. The lowest BCUT2D eigenvalue weighted by Gasteiger charge is -2.03. The molecule has 0 amide bonds. The molecule has 104 valence electrons. The Kier molecular flexibility index (Phi) is 4.20. The van der Waals surface area contributed by atoms with Gasteiger partial charge in [-0.15, -0.1) is 11.3 Å². The van der Waals surface area contributed by atoms with Crippen molar-refractivity contribution in [1.82, 2.24) is 4.98 Å². The van der Waals surface area contributed by atoms with Gasteiger partial charge >= 0.3 is 0 Å². The van der Waals surface area contributed by atoms with Gasteiger partial charge in [0.25, 0.3) is 0 Å². The third kappa shape index (κ3) is 2.87. The van der Waals surface area contributed by atoms with Gasteiger partial charge in [0.15, 0.2) is 4.34 Å². The summed E-state index contributed by atoms with van der Waals surface area (Å²) >= 11 is 2.88. The van der Waals surface area contributed by atoms with Crippen molar-refractivity contribution in [3.8, 4) is 23.4 Å². The van der Waals surface area contributed by atoms with Crippen LogP contribution in [0.5, 0.6) is 0 Å². The first kappa shape index (κ1) is 14.3. The molecule has 5 heteroatoms. The van der Waals surface area contributed by atoms with Gasteiger partial charge in [0.1, 0.15) is 12.1 Å². The van der Waals surface area contributed by atoms with Crippen LogP contribution in [0.15, 0.2) is 63.1 Å². The van der Waals surface area contributed by atoms with E-state index in [0.717, 1.165) is 15.6 Å². The standard InChI is InChI=1S/C17H9N3S2/c18-9-13-7-4-8-14(10-19)16(13)22-17-20-15(11-21-17)12-5-2-1-3-6-12/h1-8,11H. The van der Waals surface area contributed by atoms with E-state index in [0.29, 0.717) is 16.0 Å². The number of thiazole rings is 1. The summed E-state index contributed by atoms with van der Waals surface area (Å²) in [5.41, 5.74) is 2.96. The lowest BCUT2D eigenvalue weighted by Crippen LogP contribution is -1.87. The molecular formula is C17H9N3S2. The second kappa shape index (κ2) is 6.44. The molecule has 2 aromatic carbocycles. The summed E-state index contributed by atoms with van der Waals surface area (Å²) in [6, 6.07) is 19.3. The first-order valence-electron chi connectivity index (χ1n) is 6.44. The van der Waals surface area contributed by atoms with Gasteiger partial charge in [0.05, 0.1) is 21.7 Å². The van der Waals surface area contributed by atoms with Crippen molar-refractivity contribution in [1.29, 1.82) is 10.5 Å². The van der Waals surface area contributed by atoms with Crippen molar-refractivity contribution in [2.24, 2.45) is 0 Å². The second-order valence-corrected chi connectivity index (χ2v) is 6.49. The van der Waals surface area contributed by atoms with Gasteiger partial charge in [-0.3, -0.25) is 0 Å². The Bertz CT molecular complexity index is 854. The molecule has 0 saturated carbocycles. The third-order valence-electron chi connectivity index (χ3n) is 3.00. The first-order valence-corrected chi connectivity index (χ1v) is 8.13. The van der Waals surface area contributed by atoms with Crippen LogP contribution >= 0.6 is 23.1 Å². The van der Waals surface area contributed by atoms with Crippen LogP contribution in [-0.2, 0) is 0 Å². The fourth-order valence-electron chi connectivity index (χ4n) is 1.96. The Morgan fingerprint density at radius 3 is 2.23 bits per heavy atom. The highest BCUT2D eigenvalue weighted by atomic mass is 32.2. The summed E-state index contributed by atoms with van der Waals surface area (Å²) in [4.78, 5) is 5.26. The molecule has 1 aromatic heterocycles. The molecular weight excluding hydrogens is 310 g/mol. The largest absolute Gasteiger partial charge is 0.229 e. The van der Waals surface area contributed by atoms with Crippen LogP contribution in [0.1, 0.15) is 11.1 Å². The molecule has 0 atom stereocenters. The molecule has 3 rings (SSSR count). The molecule has 0 spiro atoms. The minimum atomic E-state index is 0.500. The van der Waals surface area contributed by atoms with E-state index in [4.69, 9.17) is 0 Å². The van der Waals surface area contributed by atoms with Crippen molar-refractivity contribution < 1.29 is 0 Å². The quantitative estimate of drug-likeness (QED) is 0.701. The van der Waals surface area contributed by atoms with Crippen LogP contribution < -0.4 is 0 Å². The molecule has 0 saturated heterocycles. The van der Waals surface area contributed by atoms with Crippen molar-refractivity contribution in [3.05, 3.63) is 65.0 Å². The van der Waals surface area contributed by atoms with Crippen molar-refractivity contribution in [2.75, 3.05) is 0 Å². The Morgan fingerprint density at radius 2 is 1.59 bits per heavy atom. The molecule has 0 bridgehead atoms. The van der Waals surface area contributed by atoms with Crippen LogP contribution in [0, 0.1) is 22.7 Å². The molecule has 1 heterocycles. The van der Waals surface area contributed by atoms with Gasteiger partial charge in [0.2, 0.25) is 0 Å². The number of hydrogen-bond acceptors (Lipinski definition) is 5. The molecule has 3 aromatic rings. The molecule has 0 fully saturated rings. The molecule has 0 unspecified atom stereocenters. The highest BCUT2D eigenvalue weighted by Gasteiger charge is 2.13. The van der Waals surface area contributed by atoms with Gasteiger partial charge < -0.3 is 0 Å². The molecule has 0 aliphatic carbocycles. The van der Waals surface area contributed by atoms with E-state index in [1.807, 2.05) is 35.7 Å². The maximum Gasteiger partial charge on any atom is 0.155 e. The fourth-order valence-corrected chi connectivity index (χ4v) is 3.86. The average Bonchev–Trinajstić information content (AvgIpc) is 3.04. The van der Waals surface area contributed by atoms with Crippen LogP contribution in [0.3, 0.4) is 0 Å². The number of aromatic nitrogens is 1. The number of benzene rings is 2. The zero-order chi connectivity index (χ0) is 15.4. The van der Waals surface area contributed by atoms with E-state index in [-0.39, 0.29) is 0 Å². The van der Waals surface area contributed by atoms with E-state index in [2.05, 4.69) is 17.1 Å². The van der Waals surface area contributed by atoms with E-state index < -0.39 is 0 Å². The van der Waals surface area contributed by atoms with E-state index in [1.165, 1.54) is 23.1 Å². The van der Waals surface area contributed by atoms with Crippen molar-refractivity contribution in [2.45, 2.75) is 9.24 Å². The topological polar surface area (TPSA) is 60.5 Å². The Hall–Kier alpha value is -2.60. The molecule has 0 aliphatic rings. The summed E-state index contributed by atoms with van der Waals surface area (Å²) in [5, 5.41) is 20.4. The van der Waals surface area contributed by atoms with Gasteiger partial charge in [0, 0.05) is 10.9 Å².